The van der Waals surface area contributed by atoms with Gasteiger partial charge in [0.05, 0.1) is 11.1 Å². The van der Waals surface area contributed by atoms with Gasteiger partial charge in [-0.15, -0.1) is 12.4 Å². The Balaban J connectivity index is 0.00000192. The van der Waals surface area contributed by atoms with Crippen molar-refractivity contribution in [2.75, 3.05) is 26.7 Å². The van der Waals surface area contributed by atoms with Gasteiger partial charge < -0.3 is 15.2 Å². The molecule has 3 rings (SSSR count). The van der Waals surface area contributed by atoms with E-state index in [9.17, 15) is 9.59 Å². The fourth-order valence-corrected chi connectivity index (χ4v) is 3.53. The molecule has 0 saturated carbocycles. The molecule has 1 unspecified atom stereocenters. The van der Waals surface area contributed by atoms with Gasteiger partial charge in [0.25, 0.3) is 5.91 Å². The lowest BCUT2D eigenvalue weighted by Crippen LogP contribution is -2.31. The number of benzene rings is 1. The molecule has 0 aliphatic carbocycles. The average molecular weight is 401 g/mol. The van der Waals surface area contributed by atoms with Crippen LogP contribution in [0.3, 0.4) is 0 Å². The number of aromatic nitrogens is 1. The number of likely N-dealkylation sites (tertiary alicyclic amines) is 1. The Labute approximate surface area is 149 Å². The van der Waals surface area contributed by atoms with Gasteiger partial charge in [-0.3, -0.25) is 9.59 Å². The van der Waals surface area contributed by atoms with Crippen molar-refractivity contribution in [1.82, 2.24) is 15.2 Å². The van der Waals surface area contributed by atoms with Crippen molar-refractivity contribution < 1.29 is 4.79 Å². The Morgan fingerprint density at radius 3 is 3.00 bits per heavy atom. The molecular formula is C16H19BrClN3O2. The van der Waals surface area contributed by atoms with Gasteiger partial charge in [-0.25, -0.2) is 0 Å². The van der Waals surface area contributed by atoms with Crippen molar-refractivity contribution in [2.45, 2.75) is 6.42 Å². The van der Waals surface area contributed by atoms with Crippen LogP contribution in [0.4, 0.5) is 0 Å². The maximum absolute atomic E-state index is 12.8. The number of pyridine rings is 1. The molecule has 1 aliphatic heterocycles. The van der Waals surface area contributed by atoms with E-state index in [4.69, 9.17) is 0 Å². The van der Waals surface area contributed by atoms with Crippen molar-refractivity contribution in [3.05, 3.63) is 44.7 Å². The fourth-order valence-electron chi connectivity index (χ4n) is 3.06. The van der Waals surface area contributed by atoms with Gasteiger partial charge in [0.2, 0.25) is 5.56 Å². The first-order valence-corrected chi connectivity index (χ1v) is 8.15. The topological polar surface area (TPSA) is 65.2 Å². The molecule has 1 aliphatic rings. The van der Waals surface area contributed by atoms with E-state index >= 15 is 0 Å². The number of amides is 1. The first kappa shape index (κ1) is 18.0. The minimum absolute atomic E-state index is 0. The van der Waals surface area contributed by atoms with Crippen molar-refractivity contribution >= 4 is 45.1 Å². The lowest BCUT2D eigenvalue weighted by atomic mass is 10.1. The van der Waals surface area contributed by atoms with Crippen molar-refractivity contribution in [2.24, 2.45) is 5.92 Å². The van der Waals surface area contributed by atoms with E-state index in [0.717, 1.165) is 35.9 Å². The number of fused-ring (bicyclic) bond motifs is 1. The molecule has 2 N–H and O–H groups in total. The van der Waals surface area contributed by atoms with Gasteiger partial charge in [0.1, 0.15) is 0 Å². The molecule has 1 atom stereocenters. The van der Waals surface area contributed by atoms with Crippen LogP contribution in [-0.2, 0) is 0 Å². The minimum atomic E-state index is -0.256. The fraction of sp³-hybridized carbons (Fsp3) is 0.375. The van der Waals surface area contributed by atoms with Crippen molar-refractivity contribution in [1.29, 1.82) is 0 Å². The summed E-state index contributed by atoms with van der Waals surface area (Å²) in [5, 5.41) is 3.93. The molecule has 5 nitrogen and oxygen atoms in total. The summed E-state index contributed by atoms with van der Waals surface area (Å²) in [6.45, 7) is 2.39. The van der Waals surface area contributed by atoms with Gasteiger partial charge in [0, 0.05) is 29.0 Å². The van der Waals surface area contributed by atoms with Gasteiger partial charge in [0.15, 0.2) is 0 Å². The highest BCUT2D eigenvalue weighted by Crippen LogP contribution is 2.25. The Kier molecular flexibility index (Phi) is 5.84. The first-order valence-electron chi connectivity index (χ1n) is 7.35. The SMILES string of the molecule is CNCC1CCN(C(=O)c2cc(=O)[nH]c3c(Br)cccc23)C1.Cl. The number of nitrogens with one attached hydrogen (secondary N) is 2. The Bertz CT molecular complexity index is 777. The summed E-state index contributed by atoms with van der Waals surface area (Å²) in [4.78, 5) is 29.3. The smallest absolute Gasteiger partial charge is 0.254 e. The van der Waals surface area contributed by atoms with E-state index in [1.165, 1.54) is 6.07 Å². The summed E-state index contributed by atoms with van der Waals surface area (Å²) in [5.41, 5.74) is 0.892. The summed E-state index contributed by atoms with van der Waals surface area (Å²) >= 11 is 3.42. The Morgan fingerprint density at radius 2 is 2.26 bits per heavy atom. The minimum Gasteiger partial charge on any atom is -0.338 e. The lowest BCUT2D eigenvalue weighted by Gasteiger charge is -2.17. The first-order chi connectivity index (χ1) is 10.6. The van der Waals surface area contributed by atoms with E-state index < -0.39 is 0 Å². The monoisotopic (exact) mass is 399 g/mol. The third-order valence-corrected chi connectivity index (χ3v) is 4.78. The molecule has 7 heteroatoms. The molecule has 124 valence electrons. The highest BCUT2D eigenvalue weighted by Gasteiger charge is 2.27. The number of hydrogen-bond acceptors (Lipinski definition) is 3. The number of halogens is 2. The van der Waals surface area contributed by atoms with Crippen LogP contribution in [0.25, 0.3) is 10.9 Å². The largest absolute Gasteiger partial charge is 0.338 e. The molecule has 1 amide bonds. The average Bonchev–Trinajstić information content (AvgIpc) is 2.96. The molecule has 0 spiro atoms. The molecule has 1 saturated heterocycles. The number of aromatic amines is 1. The summed E-state index contributed by atoms with van der Waals surface area (Å²) in [7, 11) is 1.92. The van der Waals surface area contributed by atoms with Crippen LogP contribution in [-0.4, -0.2) is 42.5 Å². The number of hydrogen-bond donors (Lipinski definition) is 2. The van der Waals surface area contributed by atoms with Crippen molar-refractivity contribution in [3.63, 3.8) is 0 Å². The van der Waals surface area contributed by atoms with E-state index in [2.05, 4.69) is 26.2 Å². The number of H-pyrrole nitrogens is 1. The molecule has 23 heavy (non-hydrogen) atoms. The molecule has 0 radical (unpaired) electrons. The predicted molar refractivity (Wildman–Crippen MR) is 97.5 cm³/mol. The predicted octanol–water partition coefficient (Wildman–Crippen LogP) is 2.39. The van der Waals surface area contributed by atoms with Gasteiger partial charge >= 0.3 is 0 Å². The Hall–Kier alpha value is -1.37. The molecule has 1 aromatic heterocycles. The van der Waals surface area contributed by atoms with Crippen LogP contribution in [0.2, 0.25) is 0 Å². The molecule has 0 bridgehead atoms. The zero-order valence-electron chi connectivity index (χ0n) is 12.8. The second kappa shape index (κ2) is 7.47. The summed E-state index contributed by atoms with van der Waals surface area (Å²) < 4.78 is 0.784. The van der Waals surface area contributed by atoms with E-state index in [1.54, 1.807) is 0 Å². The Morgan fingerprint density at radius 1 is 1.48 bits per heavy atom. The maximum atomic E-state index is 12.8. The second-order valence-electron chi connectivity index (χ2n) is 5.67. The number of carbonyl (C=O) groups is 1. The van der Waals surface area contributed by atoms with Gasteiger partial charge in [-0.05, 0) is 47.9 Å². The summed E-state index contributed by atoms with van der Waals surface area (Å²) in [5.74, 6) is 0.418. The molecule has 2 heterocycles. The van der Waals surface area contributed by atoms with Crippen LogP contribution in [0.15, 0.2) is 33.5 Å². The number of para-hydroxylation sites is 1. The maximum Gasteiger partial charge on any atom is 0.254 e. The van der Waals surface area contributed by atoms with Crippen LogP contribution in [0.5, 0.6) is 0 Å². The van der Waals surface area contributed by atoms with Crippen LogP contribution in [0.1, 0.15) is 16.8 Å². The quantitative estimate of drug-likeness (QED) is 0.831. The molecular weight excluding hydrogens is 382 g/mol. The third-order valence-electron chi connectivity index (χ3n) is 4.12. The van der Waals surface area contributed by atoms with Crippen molar-refractivity contribution in [3.8, 4) is 0 Å². The molecule has 1 fully saturated rings. The highest BCUT2D eigenvalue weighted by molar-refractivity contribution is 9.10. The lowest BCUT2D eigenvalue weighted by molar-refractivity contribution is 0.0789. The van der Waals surface area contributed by atoms with Gasteiger partial charge in [-0.1, -0.05) is 12.1 Å². The zero-order chi connectivity index (χ0) is 15.7. The van der Waals surface area contributed by atoms with Crippen LogP contribution >= 0.6 is 28.3 Å². The highest BCUT2D eigenvalue weighted by atomic mass is 79.9. The third kappa shape index (κ3) is 3.59. The number of rotatable bonds is 3. The van der Waals surface area contributed by atoms with Gasteiger partial charge in [-0.2, -0.15) is 0 Å². The number of carbonyl (C=O) groups excluding carboxylic acids is 1. The standard InChI is InChI=1S/C16H18BrN3O2.ClH/c1-18-8-10-5-6-20(9-10)16(22)12-7-14(21)19-15-11(12)3-2-4-13(15)17;/h2-4,7,10,18H,5-6,8-9H2,1H3,(H,19,21);1H. The van der Waals surface area contributed by atoms with E-state index in [0.29, 0.717) is 17.0 Å². The van der Waals surface area contributed by atoms with E-state index in [-0.39, 0.29) is 23.9 Å². The van der Waals surface area contributed by atoms with Crippen LogP contribution < -0.4 is 10.9 Å². The normalized spacial score (nSPS) is 17.3. The number of nitrogens with zero attached hydrogens (tertiary/aromatic N) is 1. The summed E-state index contributed by atoms with van der Waals surface area (Å²) in [6.07, 6.45) is 0.997. The second-order valence-corrected chi connectivity index (χ2v) is 6.53. The summed E-state index contributed by atoms with van der Waals surface area (Å²) in [6, 6.07) is 6.99. The molecule has 1 aromatic carbocycles. The van der Waals surface area contributed by atoms with E-state index in [1.807, 2.05) is 30.1 Å². The van der Waals surface area contributed by atoms with Crippen LogP contribution in [0, 0.1) is 5.92 Å². The molecule has 2 aromatic rings. The zero-order valence-corrected chi connectivity index (χ0v) is 15.2.